The number of hydrogen-bond donors (Lipinski definition) is 2. The van der Waals surface area contributed by atoms with Crippen LogP contribution >= 0.6 is 0 Å². The minimum Gasteiger partial charge on any atom is -0.395 e. The lowest BCUT2D eigenvalue weighted by Crippen LogP contribution is -2.53. The normalized spacial score (nSPS) is 18.2. The number of rotatable bonds is 5. The minimum absolute atomic E-state index is 0.0165. The maximum atomic E-state index is 13.6. The standard InChI is InChI=1S/C15H21F2N3O2/c1-11(20-6-4-19(5-7-20)8-9-21)15(22)18-14-3-2-12(16)10-13(14)17/h2-3,10-11,21H,4-9H2,1H3,(H,18,22). The van der Waals surface area contributed by atoms with Crippen molar-refractivity contribution < 1.29 is 18.7 Å². The zero-order valence-corrected chi connectivity index (χ0v) is 12.6. The first-order valence-electron chi connectivity index (χ1n) is 7.34. The highest BCUT2D eigenvalue weighted by atomic mass is 19.1. The van der Waals surface area contributed by atoms with Crippen LogP contribution in [0.4, 0.5) is 14.5 Å². The largest absolute Gasteiger partial charge is 0.395 e. The molecule has 1 fully saturated rings. The molecule has 1 aromatic rings. The number of halogens is 2. The van der Waals surface area contributed by atoms with Crippen molar-refractivity contribution in [2.24, 2.45) is 0 Å². The molecule has 0 bridgehead atoms. The number of β-amino-alcohol motifs (C(OH)–C–C–N with tert-alkyl or cyclic N) is 1. The average Bonchev–Trinajstić information content (AvgIpc) is 2.50. The lowest BCUT2D eigenvalue weighted by Gasteiger charge is -2.37. The molecule has 1 heterocycles. The second kappa shape index (κ2) is 7.62. The molecule has 0 aromatic heterocycles. The number of aliphatic hydroxyl groups excluding tert-OH is 1. The molecule has 1 aliphatic heterocycles. The maximum absolute atomic E-state index is 13.6. The molecule has 22 heavy (non-hydrogen) atoms. The Morgan fingerprint density at radius 2 is 2.00 bits per heavy atom. The molecule has 1 amide bonds. The van der Waals surface area contributed by atoms with Crippen LogP contribution in [0.3, 0.4) is 0 Å². The lowest BCUT2D eigenvalue weighted by atomic mass is 10.2. The van der Waals surface area contributed by atoms with E-state index in [-0.39, 0.29) is 18.2 Å². The Hall–Kier alpha value is -1.57. The van der Waals surface area contributed by atoms with Gasteiger partial charge in [-0.3, -0.25) is 14.6 Å². The maximum Gasteiger partial charge on any atom is 0.241 e. The Kier molecular flexibility index (Phi) is 5.82. The number of amides is 1. The number of hydrogen-bond acceptors (Lipinski definition) is 4. The molecule has 5 nitrogen and oxygen atoms in total. The number of benzene rings is 1. The second-order valence-corrected chi connectivity index (χ2v) is 5.39. The van der Waals surface area contributed by atoms with Gasteiger partial charge in [0, 0.05) is 38.8 Å². The summed E-state index contributed by atoms with van der Waals surface area (Å²) >= 11 is 0. The molecule has 0 spiro atoms. The summed E-state index contributed by atoms with van der Waals surface area (Å²) < 4.78 is 26.4. The van der Waals surface area contributed by atoms with Crippen LogP contribution in [0, 0.1) is 11.6 Å². The van der Waals surface area contributed by atoms with E-state index in [4.69, 9.17) is 5.11 Å². The van der Waals surface area contributed by atoms with Crippen molar-refractivity contribution in [3.8, 4) is 0 Å². The van der Waals surface area contributed by atoms with Crippen LogP contribution in [0.1, 0.15) is 6.92 Å². The summed E-state index contributed by atoms with van der Waals surface area (Å²) in [7, 11) is 0. The van der Waals surface area contributed by atoms with Gasteiger partial charge in [-0.1, -0.05) is 0 Å². The van der Waals surface area contributed by atoms with Crippen molar-refractivity contribution >= 4 is 11.6 Å². The van der Waals surface area contributed by atoms with E-state index in [9.17, 15) is 13.6 Å². The van der Waals surface area contributed by atoms with E-state index in [1.54, 1.807) is 6.92 Å². The van der Waals surface area contributed by atoms with E-state index in [2.05, 4.69) is 10.2 Å². The molecule has 0 aliphatic carbocycles. The fraction of sp³-hybridized carbons (Fsp3) is 0.533. The molecule has 1 aromatic carbocycles. The summed E-state index contributed by atoms with van der Waals surface area (Å²) in [6.45, 7) is 5.50. The van der Waals surface area contributed by atoms with Crippen LogP contribution in [0.2, 0.25) is 0 Å². The van der Waals surface area contributed by atoms with Crippen molar-refractivity contribution in [1.29, 1.82) is 0 Å². The summed E-state index contributed by atoms with van der Waals surface area (Å²) in [6.07, 6.45) is 0. The van der Waals surface area contributed by atoms with Gasteiger partial charge in [-0.2, -0.15) is 0 Å². The van der Waals surface area contributed by atoms with Gasteiger partial charge in [-0.25, -0.2) is 8.78 Å². The SMILES string of the molecule is CC(C(=O)Nc1ccc(F)cc1F)N1CCN(CCO)CC1. The Morgan fingerprint density at radius 3 is 2.59 bits per heavy atom. The summed E-state index contributed by atoms with van der Waals surface area (Å²) in [4.78, 5) is 16.3. The number of nitrogens with one attached hydrogen (secondary N) is 1. The van der Waals surface area contributed by atoms with Crippen molar-refractivity contribution in [2.75, 3.05) is 44.6 Å². The highest BCUT2D eigenvalue weighted by molar-refractivity contribution is 5.94. The molecule has 1 saturated heterocycles. The molecular weight excluding hydrogens is 292 g/mol. The number of aliphatic hydroxyl groups is 1. The van der Waals surface area contributed by atoms with Gasteiger partial charge in [0.15, 0.2) is 0 Å². The van der Waals surface area contributed by atoms with Crippen LogP contribution in [0.25, 0.3) is 0 Å². The van der Waals surface area contributed by atoms with E-state index >= 15 is 0 Å². The van der Waals surface area contributed by atoms with Crippen molar-refractivity contribution in [3.63, 3.8) is 0 Å². The van der Waals surface area contributed by atoms with Gasteiger partial charge in [-0.05, 0) is 19.1 Å². The predicted molar refractivity (Wildman–Crippen MR) is 79.5 cm³/mol. The van der Waals surface area contributed by atoms with Crippen LogP contribution in [-0.4, -0.2) is 66.2 Å². The lowest BCUT2D eigenvalue weighted by molar-refractivity contribution is -0.121. The average molecular weight is 313 g/mol. The first-order chi connectivity index (χ1) is 10.5. The van der Waals surface area contributed by atoms with E-state index in [0.29, 0.717) is 19.6 Å². The Balaban J connectivity index is 1.90. The van der Waals surface area contributed by atoms with E-state index in [1.807, 2.05) is 4.90 Å². The van der Waals surface area contributed by atoms with Gasteiger partial charge in [-0.15, -0.1) is 0 Å². The summed E-state index contributed by atoms with van der Waals surface area (Å²) in [5.41, 5.74) is -0.0165. The third-order valence-electron chi connectivity index (χ3n) is 3.94. The molecule has 122 valence electrons. The van der Waals surface area contributed by atoms with Crippen molar-refractivity contribution in [2.45, 2.75) is 13.0 Å². The first kappa shape index (κ1) is 16.8. The Labute approximate surface area is 128 Å². The van der Waals surface area contributed by atoms with Crippen LogP contribution in [0.5, 0.6) is 0 Å². The fourth-order valence-corrected chi connectivity index (χ4v) is 2.51. The predicted octanol–water partition coefficient (Wildman–Crippen LogP) is 0.902. The molecule has 1 atom stereocenters. The van der Waals surface area contributed by atoms with Crippen molar-refractivity contribution in [1.82, 2.24) is 9.80 Å². The highest BCUT2D eigenvalue weighted by Gasteiger charge is 2.25. The quantitative estimate of drug-likeness (QED) is 0.848. The van der Waals surface area contributed by atoms with E-state index in [1.165, 1.54) is 6.07 Å². The Morgan fingerprint density at radius 1 is 1.32 bits per heavy atom. The molecule has 1 unspecified atom stereocenters. The number of carbonyl (C=O) groups is 1. The van der Waals surface area contributed by atoms with Crippen LogP contribution in [0.15, 0.2) is 18.2 Å². The molecule has 2 N–H and O–H groups in total. The molecule has 0 radical (unpaired) electrons. The topological polar surface area (TPSA) is 55.8 Å². The van der Waals surface area contributed by atoms with Crippen LogP contribution in [-0.2, 0) is 4.79 Å². The van der Waals surface area contributed by atoms with Gasteiger partial charge >= 0.3 is 0 Å². The third kappa shape index (κ3) is 4.22. The molecule has 2 rings (SSSR count). The van der Waals surface area contributed by atoms with Gasteiger partial charge in [0.05, 0.1) is 18.3 Å². The van der Waals surface area contributed by atoms with Gasteiger partial charge < -0.3 is 10.4 Å². The zero-order valence-electron chi connectivity index (χ0n) is 12.6. The number of nitrogens with zero attached hydrogens (tertiary/aromatic N) is 2. The fourth-order valence-electron chi connectivity index (χ4n) is 2.51. The highest BCUT2D eigenvalue weighted by Crippen LogP contribution is 2.16. The molecular formula is C15H21F2N3O2. The minimum atomic E-state index is -0.784. The van der Waals surface area contributed by atoms with Gasteiger partial charge in [0.1, 0.15) is 11.6 Å². The van der Waals surface area contributed by atoms with E-state index in [0.717, 1.165) is 25.2 Å². The first-order valence-corrected chi connectivity index (χ1v) is 7.34. The summed E-state index contributed by atoms with van der Waals surface area (Å²) in [5, 5.41) is 11.4. The third-order valence-corrected chi connectivity index (χ3v) is 3.94. The summed E-state index contributed by atoms with van der Waals surface area (Å²) in [5.74, 6) is -1.78. The summed E-state index contributed by atoms with van der Waals surface area (Å²) in [6, 6.07) is 2.67. The second-order valence-electron chi connectivity index (χ2n) is 5.39. The number of anilines is 1. The monoisotopic (exact) mass is 313 g/mol. The molecule has 1 aliphatic rings. The zero-order chi connectivity index (χ0) is 16.1. The number of carbonyl (C=O) groups excluding carboxylic acids is 1. The van der Waals surface area contributed by atoms with Crippen molar-refractivity contribution in [3.05, 3.63) is 29.8 Å². The molecule has 0 saturated carbocycles. The van der Waals surface area contributed by atoms with Gasteiger partial charge in [0.25, 0.3) is 0 Å². The smallest absolute Gasteiger partial charge is 0.241 e. The van der Waals surface area contributed by atoms with E-state index < -0.39 is 17.7 Å². The number of piperazine rings is 1. The molecule has 7 heteroatoms. The van der Waals surface area contributed by atoms with Gasteiger partial charge in [0.2, 0.25) is 5.91 Å². The van der Waals surface area contributed by atoms with Crippen LogP contribution < -0.4 is 5.32 Å². The Bertz CT molecular complexity index is 520.